The third-order valence-electron chi connectivity index (χ3n) is 6.39. The van der Waals surface area contributed by atoms with Crippen LogP contribution < -0.4 is 16.6 Å². The van der Waals surface area contributed by atoms with Gasteiger partial charge in [0.15, 0.2) is 0 Å². The fraction of sp³-hybridized carbons (Fsp3) is 0.269. The van der Waals surface area contributed by atoms with Gasteiger partial charge in [0.1, 0.15) is 11.4 Å². The Bertz CT molecular complexity index is 1500. The van der Waals surface area contributed by atoms with Crippen LogP contribution in [-0.2, 0) is 24.2 Å². The van der Waals surface area contributed by atoms with Crippen molar-refractivity contribution in [2.75, 3.05) is 5.32 Å². The molecule has 5 rings (SSSR count). The predicted molar refractivity (Wildman–Crippen MR) is 137 cm³/mol. The molecule has 1 amide bonds. The van der Waals surface area contributed by atoms with E-state index in [-0.39, 0.29) is 18.0 Å². The number of fused-ring (bicyclic) bond motifs is 3. The summed E-state index contributed by atoms with van der Waals surface area (Å²) in [6.45, 7) is 1.64. The van der Waals surface area contributed by atoms with Gasteiger partial charge in [-0.25, -0.2) is 4.79 Å². The summed E-state index contributed by atoms with van der Waals surface area (Å²) in [5.41, 5.74) is 1.61. The molecule has 1 N–H and O–H groups in total. The van der Waals surface area contributed by atoms with Crippen molar-refractivity contribution in [2.45, 2.75) is 45.2 Å². The molecule has 0 aliphatic heterocycles. The van der Waals surface area contributed by atoms with Crippen LogP contribution in [0, 0.1) is 0 Å². The Kier molecular flexibility index (Phi) is 6.15. The number of nitrogens with one attached hydrogen (secondary N) is 1. The SMILES string of the molecule is CC(c1ccccc1)n1c(=O)c2c3c(sc2n(CC(=O)Nc2ccccc2Cl)c1=O)CCCC3. The molecule has 0 fully saturated rings. The highest BCUT2D eigenvalue weighted by atomic mass is 35.5. The van der Waals surface area contributed by atoms with Crippen LogP contribution in [0.25, 0.3) is 10.2 Å². The molecule has 4 aromatic rings. The molecule has 0 saturated carbocycles. The van der Waals surface area contributed by atoms with Crippen LogP contribution >= 0.6 is 22.9 Å². The van der Waals surface area contributed by atoms with E-state index >= 15 is 0 Å². The smallest absolute Gasteiger partial charge is 0.323 e. The minimum absolute atomic E-state index is 0.207. The summed E-state index contributed by atoms with van der Waals surface area (Å²) < 4.78 is 2.74. The van der Waals surface area contributed by atoms with Crippen LogP contribution in [0.5, 0.6) is 0 Å². The molecule has 34 heavy (non-hydrogen) atoms. The predicted octanol–water partition coefficient (Wildman–Crippen LogP) is 5.00. The number of thiophene rings is 1. The number of hydrogen-bond donors (Lipinski definition) is 1. The van der Waals surface area contributed by atoms with E-state index < -0.39 is 11.7 Å². The lowest BCUT2D eigenvalue weighted by Crippen LogP contribution is -2.43. The first-order valence-corrected chi connectivity index (χ1v) is 12.5. The highest BCUT2D eigenvalue weighted by molar-refractivity contribution is 7.18. The van der Waals surface area contributed by atoms with E-state index in [0.29, 0.717) is 20.9 Å². The van der Waals surface area contributed by atoms with Gasteiger partial charge in [0.25, 0.3) is 5.56 Å². The van der Waals surface area contributed by atoms with Crippen molar-refractivity contribution in [3.8, 4) is 0 Å². The zero-order chi connectivity index (χ0) is 23.8. The first-order valence-electron chi connectivity index (χ1n) is 11.3. The van der Waals surface area contributed by atoms with E-state index in [1.807, 2.05) is 37.3 Å². The summed E-state index contributed by atoms with van der Waals surface area (Å²) in [4.78, 5) is 42.1. The third-order valence-corrected chi connectivity index (χ3v) is 8.03. The second kappa shape index (κ2) is 9.24. The lowest BCUT2D eigenvalue weighted by molar-refractivity contribution is -0.116. The number of halogens is 1. The Morgan fingerprint density at radius 3 is 2.53 bits per heavy atom. The van der Waals surface area contributed by atoms with Crippen molar-refractivity contribution in [2.24, 2.45) is 0 Å². The summed E-state index contributed by atoms with van der Waals surface area (Å²) in [7, 11) is 0. The monoisotopic (exact) mass is 493 g/mol. The number of nitrogens with zero attached hydrogens (tertiary/aromatic N) is 2. The van der Waals surface area contributed by atoms with Crippen LogP contribution in [0.3, 0.4) is 0 Å². The average Bonchev–Trinajstić information content (AvgIpc) is 3.23. The van der Waals surface area contributed by atoms with Gasteiger partial charge in [0, 0.05) is 4.88 Å². The van der Waals surface area contributed by atoms with E-state index in [4.69, 9.17) is 11.6 Å². The molecule has 0 radical (unpaired) electrons. The molecule has 8 heteroatoms. The molecular weight excluding hydrogens is 470 g/mol. The quantitative estimate of drug-likeness (QED) is 0.425. The molecule has 174 valence electrons. The number of aromatic nitrogens is 2. The van der Waals surface area contributed by atoms with Gasteiger partial charge in [0.2, 0.25) is 5.91 Å². The van der Waals surface area contributed by atoms with Crippen LogP contribution in [0.4, 0.5) is 5.69 Å². The molecule has 0 bridgehead atoms. The van der Waals surface area contributed by atoms with E-state index in [1.165, 1.54) is 20.5 Å². The molecule has 1 aliphatic carbocycles. The van der Waals surface area contributed by atoms with Gasteiger partial charge in [0.05, 0.1) is 22.1 Å². The number of amides is 1. The first kappa shape index (κ1) is 22.6. The number of rotatable bonds is 5. The van der Waals surface area contributed by atoms with Crippen molar-refractivity contribution >= 4 is 44.7 Å². The molecule has 1 atom stereocenters. The molecule has 6 nitrogen and oxygen atoms in total. The minimum atomic E-state index is -0.484. The third kappa shape index (κ3) is 3.99. The molecule has 1 unspecified atom stereocenters. The Morgan fingerprint density at radius 1 is 1.06 bits per heavy atom. The van der Waals surface area contributed by atoms with Crippen LogP contribution in [-0.4, -0.2) is 15.0 Å². The van der Waals surface area contributed by atoms with Gasteiger partial charge >= 0.3 is 5.69 Å². The standard InChI is InChI=1S/C26H24ClN3O3S/c1-16(17-9-3-2-4-10-17)30-24(32)23-18-11-5-8-14-21(18)34-25(23)29(26(30)33)15-22(31)28-20-13-7-6-12-19(20)27/h2-4,6-7,9-10,12-13,16H,5,8,11,14-15H2,1H3,(H,28,31). The fourth-order valence-corrected chi connectivity index (χ4v) is 6.20. The summed E-state index contributed by atoms with van der Waals surface area (Å²) in [6, 6.07) is 16.0. The summed E-state index contributed by atoms with van der Waals surface area (Å²) in [6.07, 6.45) is 3.78. The highest BCUT2D eigenvalue weighted by Crippen LogP contribution is 2.34. The van der Waals surface area contributed by atoms with Gasteiger partial charge in [-0.1, -0.05) is 54.1 Å². The molecule has 1 aliphatic rings. The average molecular weight is 494 g/mol. The summed E-state index contributed by atoms with van der Waals surface area (Å²) in [5.74, 6) is -0.375. The topological polar surface area (TPSA) is 73.1 Å². The molecular formula is C26H24ClN3O3S. The van der Waals surface area contributed by atoms with Crippen molar-refractivity contribution < 1.29 is 4.79 Å². The van der Waals surface area contributed by atoms with E-state index in [0.717, 1.165) is 41.7 Å². The van der Waals surface area contributed by atoms with E-state index in [9.17, 15) is 14.4 Å². The molecule has 0 spiro atoms. The normalized spacial score (nSPS) is 14.1. The van der Waals surface area contributed by atoms with Crippen molar-refractivity contribution in [3.05, 3.63) is 96.5 Å². The zero-order valence-electron chi connectivity index (χ0n) is 18.7. The summed E-state index contributed by atoms with van der Waals surface area (Å²) >= 11 is 7.66. The molecule has 2 aromatic carbocycles. The zero-order valence-corrected chi connectivity index (χ0v) is 20.3. The Labute approximate surface area is 205 Å². The van der Waals surface area contributed by atoms with Gasteiger partial charge in [-0.3, -0.25) is 18.7 Å². The Morgan fingerprint density at radius 2 is 1.76 bits per heavy atom. The van der Waals surface area contributed by atoms with Gasteiger partial charge in [-0.15, -0.1) is 11.3 Å². The maximum absolute atomic E-state index is 13.7. The molecule has 2 heterocycles. The fourth-order valence-electron chi connectivity index (χ4n) is 4.64. The molecule has 2 aromatic heterocycles. The van der Waals surface area contributed by atoms with E-state index in [2.05, 4.69) is 5.32 Å². The first-order chi connectivity index (χ1) is 16.5. The lowest BCUT2D eigenvalue weighted by atomic mass is 9.97. The number of para-hydroxylation sites is 1. The van der Waals surface area contributed by atoms with Crippen molar-refractivity contribution in [1.29, 1.82) is 0 Å². The lowest BCUT2D eigenvalue weighted by Gasteiger charge is -2.18. The Balaban J connectivity index is 1.66. The van der Waals surface area contributed by atoms with E-state index in [1.54, 1.807) is 24.3 Å². The van der Waals surface area contributed by atoms with Gasteiger partial charge in [-0.2, -0.15) is 0 Å². The maximum Gasteiger partial charge on any atom is 0.333 e. The van der Waals surface area contributed by atoms with Gasteiger partial charge in [-0.05, 0) is 55.9 Å². The van der Waals surface area contributed by atoms with Crippen molar-refractivity contribution in [3.63, 3.8) is 0 Å². The van der Waals surface area contributed by atoms with Gasteiger partial charge < -0.3 is 5.32 Å². The second-order valence-electron chi connectivity index (χ2n) is 8.55. The molecule has 0 saturated heterocycles. The number of aryl methyl sites for hydroxylation is 2. The number of carbonyl (C=O) groups excluding carboxylic acids is 1. The number of carbonyl (C=O) groups is 1. The number of benzene rings is 2. The van der Waals surface area contributed by atoms with Crippen LogP contribution in [0.2, 0.25) is 5.02 Å². The number of hydrogen-bond acceptors (Lipinski definition) is 4. The van der Waals surface area contributed by atoms with Crippen LogP contribution in [0.1, 0.15) is 41.8 Å². The van der Waals surface area contributed by atoms with Crippen molar-refractivity contribution in [1.82, 2.24) is 9.13 Å². The summed E-state index contributed by atoms with van der Waals surface area (Å²) in [5, 5.41) is 3.79. The minimum Gasteiger partial charge on any atom is -0.323 e. The Hall–Kier alpha value is -3.16. The maximum atomic E-state index is 13.7. The largest absolute Gasteiger partial charge is 0.333 e. The van der Waals surface area contributed by atoms with Crippen LogP contribution in [0.15, 0.2) is 64.2 Å². The highest BCUT2D eigenvalue weighted by Gasteiger charge is 2.26. The number of anilines is 1. The second-order valence-corrected chi connectivity index (χ2v) is 10.0.